The Kier molecular flexibility index (Phi) is 1.81. The van der Waals surface area contributed by atoms with E-state index in [9.17, 15) is 4.79 Å². The first kappa shape index (κ1) is 8.01. The van der Waals surface area contributed by atoms with Crippen molar-refractivity contribution in [1.29, 1.82) is 0 Å². The molecule has 2 fully saturated rings. The van der Waals surface area contributed by atoms with Crippen molar-refractivity contribution in [2.75, 3.05) is 6.61 Å². The van der Waals surface area contributed by atoms with Crippen LogP contribution >= 0.6 is 0 Å². The van der Waals surface area contributed by atoms with E-state index < -0.39 is 0 Å². The number of rotatable bonds is 1. The molecular formula is C8H14N2O2. The maximum absolute atomic E-state index is 10.8. The van der Waals surface area contributed by atoms with E-state index in [1.54, 1.807) is 0 Å². The van der Waals surface area contributed by atoms with E-state index in [1.165, 1.54) is 6.92 Å². The Hall–Kier alpha value is -0.610. The number of ether oxygens (including phenoxy) is 1. The Morgan fingerprint density at radius 1 is 1.67 bits per heavy atom. The fraction of sp³-hybridized carbons (Fsp3) is 0.875. The number of amides is 1. The SMILES string of the molecule is CC(=O)NC1C(N)C2CCOC21. The predicted molar refractivity (Wildman–Crippen MR) is 43.4 cm³/mol. The molecule has 3 N–H and O–H groups in total. The molecule has 0 bridgehead atoms. The van der Waals surface area contributed by atoms with E-state index in [2.05, 4.69) is 5.32 Å². The zero-order valence-corrected chi connectivity index (χ0v) is 7.12. The molecule has 1 heterocycles. The zero-order valence-electron chi connectivity index (χ0n) is 7.12. The van der Waals surface area contributed by atoms with Gasteiger partial charge in [0.05, 0.1) is 12.1 Å². The molecule has 2 rings (SSSR count). The van der Waals surface area contributed by atoms with Gasteiger partial charge in [0.15, 0.2) is 0 Å². The van der Waals surface area contributed by atoms with E-state index in [4.69, 9.17) is 10.5 Å². The van der Waals surface area contributed by atoms with E-state index in [0.717, 1.165) is 13.0 Å². The first-order valence-corrected chi connectivity index (χ1v) is 4.34. The number of hydrogen-bond donors (Lipinski definition) is 2. The van der Waals surface area contributed by atoms with Gasteiger partial charge in [0.1, 0.15) is 0 Å². The molecule has 0 aromatic rings. The van der Waals surface area contributed by atoms with Crippen LogP contribution in [0.2, 0.25) is 0 Å². The molecule has 0 spiro atoms. The molecule has 2 aliphatic rings. The highest BCUT2D eigenvalue weighted by atomic mass is 16.5. The van der Waals surface area contributed by atoms with E-state index >= 15 is 0 Å². The van der Waals surface area contributed by atoms with E-state index in [0.29, 0.717) is 5.92 Å². The van der Waals surface area contributed by atoms with Crippen LogP contribution in [0.3, 0.4) is 0 Å². The number of carbonyl (C=O) groups is 1. The van der Waals surface area contributed by atoms with Crippen molar-refractivity contribution in [2.24, 2.45) is 11.7 Å². The average Bonchev–Trinajstić information content (AvgIpc) is 2.44. The summed E-state index contributed by atoms with van der Waals surface area (Å²) in [6, 6.07) is 0.149. The van der Waals surface area contributed by atoms with Crippen LogP contribution in [-0.4, -0.2) is 30.7 Å². The molecule has 0 aromatic heterocycles. The van der Waals surface area contributed by atoms with Gasteiger partial charge >= 0.3 is 0 Å². The molecule has 68 valence electrons. The van der Waals surface area contributed by atoms with E-state index in [-0.39, 0.29) is 24.1 Å². The fourth-order valence-corrected chi connectivity index (χ4v) is 2.16. The molecule has 0 radical (unpaired) electrons. The maximum Gasteiger partial charge on any atom is 0.217 e. The second kappa shape index (κ2) is 2.71. The molecule has 4 nitrogen and oxygen atoms in total. The highest BCUT2D eigenvalue weighted by Gasteiger charge is 2.52. The molecule has 1 saturated heterocycles. The molecule has 1 aliphatic heterocycles. The predicted octanol–water partition coefficient (Wildman–Crippen LogP) is -0.763. The van der Waals surface area contributed by atoms with Crippen LogP contribution in [0.4, 0.5) is 0 Å². The number of nitrogens with two attached hydrogens (primary N) is 1. The summed E-state index contributed by atoms with van der Waals surface area (Å²) in [7, 11) is 0. The van der Waals surface area contributed by atoms with Gasteiger partial charge in [0.2, 0.25) is 5.91 Å². The lowest BCUT2D eigenvalue weighted by molar-refractivity contribution is -0.123. The number of carbonyl (C=O) groups excluding carboxylic acids is 1. The molecule has 4 atom stereocenters. The minimum absolute atomic E-state index is 0.0237. The lowest BCUT2D eigenvalue weighted by Crippen LogP contribution is -2.68. The summed E-state index contributed by atoms with van der Waals surface area (Å²) < 4.78 is 5.44. The van der Waals surface area contributed by atoms with Crippen molar-refractivity contribution in [3.8, 4) is 0 Å². The van der Waals surface area contributed by atoms with Crippen molar-refractivity contribution >= 4 is 5.91 Å². The Bertz CT molecular complexity index is 207. The number of fused-ring (bicyclic) bond motifs is 1. The van der Waals surface area contributed by atoms with Crippen LogP contribution in [-0.2, 0) is 9.53 Å². The van der Waals surface area contributed by atoms with Crippen LogP contribution in [0.15, 0.2) is 0 Å². The summed E-state index contributed by atoms with van der Waals surface area (Å²) in [4.78, 5) is 10.8. The normalized spacial score (nSPS) is 44.8. The van der Waals surface area contributed by atoms with Crippen LogP contribution in [0.25, 0.3) is 0 Å². The largest absolute Gasteiger partial charge is 0.376 e. The summed E-state index contributed by atoms with van der Waals surface area (Å²) in [5.74, 6) is 0.450. The van der Waals surface area contributed by atoms with Gasteiger partial charge in [-0.2, -0.15) is 0 Å². The van der Waals surface area contributed by atoms with Crippen molar-refractivity contribution < 1.29 is 9.53 Å². The minimum Gasteiger partial charge on any atom is -0.376 e. The third-order valence-corrected chi connectivity index (χ3v) is 2.82. The third kappa shape index (κ3) is 1.03. The maximum atomic E-state index is 10.8. The first-order valence-electron chi connectivity index (χ1n) is 4.34. The summed E-state index contributed by atoms with van der Waals surface area (Å²) in [6.07, 6.45) is 1.23. The second-order valence-electron chi connectivity index (χ2n) is 3.59. The summed E-state index contributed by atoms with van der Waals surface area (Å²) in [5, 5.41) is 2.81. The Labute approximate surface area is 71.4 Å². The van der Waals surface area contributed by atoms with Gasteiger partial charge < -0.3 is 15.8 Å². The quantitative estimate of drug-likeness (QED) is 0.543. The van der Waals surface area contributed by atoms with Gasteiger partial charge in [-0.25, -0.2) is 0 Å². The first-order chi connectivity index (χ1) is 5.70. The van der Waals surface area contributed by atoms with Crippen molar-refractivity contribution in [2.45, 2.75) is 31.5 Å². The third-order valence-electron chi connectivity index (χ3n) is 2.82. The van der Waals surface area contributed by atoms with Crippen molar-refractivity contribution in [3.63, 3.8) is 0 Å². The molecule has 4 heteroatoms. The van der Waals surface area contributed by atoms with Crippen LogP contribution < -0.4 is 11.1 Å². The van der Waals surface area contributed by atoms with Gasteiger partial charge in [-0.3, -0.25) is 4.79 Å². The number of hydrogen-bond acceptors (Lipinski definition) is 3. The Morgan fingerprint density at radius 2 is 2.42 bits per heavy atom. The lowest BCUT2D eigenvalue weighted by Gasteiger charge is -2.45. The van der Waals surface area contributed by atoms with Crippen LogP contribution in [0.1, 0.15) is 13.3 Å². The molecule has 1 saturated carbocycles. The summed E-state index contributed by atoms with van der Waals surface area (Å²) >= 11 is 0. The van der Waals surface area contributed by atoms with Crippen LogP contribution in [0, 0.1) is 5.92 Å². The van der Waals surface area contributed by atoms with Crippen molar-refractivity contribution in [3.05, 3.63) is 0 Å². The minimum atomic E-state index is -0.0237. The van der Waals surface area contributed by atoms with Gasteiger partial charge in [0, 0.05) is 25.5 Å². The van der Waals surface area contributed by atoms with Gasteiger partial charge in [-0.15, -0.1) is 0 Å². The van der Waals surface area contributed by atoms with Crippen molar-refractivity contribution in [1.82, 2.24) is 5.32 Å². The summed E-state index contributed by atoms with van der Waals surface area (Å²) in [6.45, 7) is 2.30. The summed E-state index contributed by atoms with van der Waals surface area (Å²) in [5.41, 5.74) is 5.86. The molecule has 12 heavy (non-hydrogen) atoms. The lowest BCUT2D eigenvalue weighted by atomic mass is 9.72. The molecule has 1 amide bonds. The van der Waals surface area contributed by atoms with Crippen LogP contribution in [0.5, 0.6) is 0 Å². The van der Waals surface area contributed by atoms with Gasteiger partial charge in [-0.1, -0.05) is 0 Å². The zero-order chi connectivity index (χ0) is 8.72. The van der Waals surface area contributed by atoms with E-state index in [1.807, 2.05) is 0 Å². The highest BCUT2D eigenvalue weighted by molar-refractivity contribution is 5.73. The molecule has 1 aliphatic carbocycles. The standard InChI is InChI=1S/C8H14N2O2/c1-4(11)10-7-6(9)5-2-3-12-8(5)7/h5-8H,2-3,9H2,1H3,(H,10,11). The molecular weight excluding hydrogens is 156 g/mol. The Balaban J connectivity index is 1.95. The number of nitrogens with one attached hydrogen (secondary N) is 1. The van der Waals surface area contributed by atoms with Gasteiger partial charge in [-0.05, 0) is 6.42 Å². The highest BCUT2D eigenvalue weighted by Crippen LogP contribution is 2.37. The second-order valence-corrected chi connectivity index (χ2v) is 3.59. The average molecular weight is 170 g/mol. The smallest absolute Gasteiger partial charge is 0.217 e. The molecule has 4 unspecified atom stereocenters. The monoisotopic (exact) mass is 170 g/mol. The topological polar surface area (TPSA) is 64.4 Å². The molecule has 0 aromatic carbocycles. The Morgan fingerprint density at radius 3 is 3.08 bits per heavy atom. The fourth-order valence-electron chi connectivity index (χ4n) is 2.16. The van der Waals surface area contributed by atoms with Gasteiger partial charge in [0.25, 0.3) is 0 Å².